The summed E-state index contributed by atoms with van der Waals surface area (Å²) < 4.78 is 10.1. The number of carbonyl (C=O) groups excluding carboxylic acids is 2. The number of carbonyl (C=O) groups is 2. The lowest BCUT2D eigenvalue weighted by Gasteiger charge is -2.18. The molecule has 0 fully saturated rings. The third-order valence-corrected chi connectivity index (χ3v) is 4.03. The van der Waals surface area contributed by atoms with E-state index >= 15 is 0 Å². The lowest BCUT2D eigenvalue weighted by molar-refractivity contribution is -0.118. The van der Waals surface area contributed by atoms with Crippen LogP contribution in [0.25, 0.3) is 0 Å². The van der Waals surface area contributed by atoms with Crippen LogP contribution in [0.15, 0.2) is 47.4 Å². The van der Waals surface area contributed by atoms with Crippen molar-refractivity contribution in [2.24, 2.45) is 5.73 Å². The zero-order chi connectivity index (χ0) is 20.8. The number of hydrogen-bond donors (Lipinski definition) is 3. The number of pyridine rings is 1. The van der Waals surface area contributed by atoms with Crippen molar-refractivity contribution < 1.29 is 24.2 Å². The van der Waals surface area contributed by atoms with Crippen molar-refractivity contribution in [1.29, 1.82) is 0 Å². The summed E-state index contributed by atoms with van der Waals surface area (Å²) in [5, 5.41) is 10.5. The van der Waals surface area contributed by atoms with Crippen LogP contribution in [0.1, 0.15) is 40.7 Å². The molecule has 2 aromatic rings. The maximum atomic E-state index is 12.4. The summed E-state index contributed by atoms with van der Waals surface area (Å²) in [6, 6.07) is 6.65. The van der Waals surface area contributed by atoms with Crippen molar-refractivity contribution in [2.45, 2.75) is 19.3 Å². The van der Waals surface area contributed by atoms with Gasteiger partial charge in [-0.3, -0.25) is 9.59 Å². The van der Waals surface area contributed by atoms with E-state index in [1.54, 1.807) is 24.3 Å². The predicted octanol–water partition coefficient (Wildman–Crippen LogP) is 1.83. The number of hydrogen-bond acceptors (Lipinski definition) is 6. The van der Waals surface area contributed by atoms with Gasteiger partial charge in [-0.25, -0.2) is 4.79 Å². The smallest absolute Gasteiger partial charge is 0.343 e. The van der Waals surface area contributed by atoms with Crippen LogP contribution in [-0.4, -0.2) is 35.7 Å². The first-order valence-corrected chi connectivity index (χ1v) is 8.42. The lowest BCUT2D eigenvalue weighted by atomic mass is 9.87. The third-order valence-electron chi connectivity index (χ3n) is 4.03. The molecule has 1 aromatic heterocycles. The molecule has 0 bridgehead atoms. The molecule has 28 heavy (non-hydrogen) atoms. The highest BCUT2D eigenvalue weighted by molar-refractivity contribution is 5.92. The van der Waals surface area contributed by atoms with E-state index in [9.17, 15) is 19.5 Å². The number of H-pyrrole nitrogens is 1. The average Bonchev–Trinajstić information content (AvgIpc) is 2.65. The summed E-state index contributed by atoms with van der Waals surface area (Å²) in [4.78, 5) is 38.2. The largest absolute Gasteiger partial charge is 0.506 e. The third kappa shape index (κ3) is 4.79. The van der Waals surface area contributed by atoms with Gasteiger partial charge in [-0.2, -0.15) is 0 Å². The van der Waals surface area contributed by atoms with Crippen LogP contribution in [0.2, 0.25) is 0 Å². The van der Waals surface area contributed by atoms with Gasteiger partial charge < -0.3 is 25.3 Å². The van der Waals surface area contributed by atoms with E-state index in [4.69, 9.17) is 10.5 Å². The van der Waals surface area contributed by atoms with Crippen LogP contribution in [0.4, 0.5) is 0 Å². The first-order chi connectivity index (χ1) is 13.2. The molecule has 0 saturated carbocycles. The number of aromatic amines is 1. The minimum atomic E-state index is -0.860. The molecule has 8 nitrogen and oxygen atoms in total. The van der Waals surface area contributed by atoms with Gasteiger partial charge in [0.05, 0.1) is 12.7 Å². The highest BCUT2D eigenvalue weighted by Gasteiger charge is 2.27. The van der Waals surface area contributed by atoms with Crippen molar-refractivity contribution in [1.82, 2.24) is 4.98 Å². The highest BCUT2D eigenvalue weighted by atomic mass is 16.5. The van der Waals surface area contributed by atoms with E-state index in [-0.39, 0.29) is 17.5 Å². The predicted molar refractivity (Wildman–Crippen MR) is 102 cm³/mol. The highest BCUT2D eigenvalue weighted by Crippen LogP contribution is 2.34. The summed E-state index contributed by atoms with van der Waals surface area (Å²) in [6.45, 7) is 5.94. The Bertz CT molecular complexity index is 946. The first kappa shape index (κ1) is 20.8. The van der Waals surface area contributed by atoms with Gasteiger partial charge in [-0.1, -0.05) is 18.7 Å². The summed E-state index contributed by atoms with van der Waals surface area (Å²) in [6.07, 6.45) is 0.816. The molecule has 0 aliphatic rings. The maximum Gasteiger partial charge on any atom is 0.343 e. The molecule has 148 valence electrons. The van der Waals surface area contributed by atoms with Gasteiger partial charge in [0.25, 0.3) is 5.56 Å². The van der Waals surface area contributed by atoms with E-state index in [1.165, 1.54) is 0 Å². The maximum absolute atomic E-state index is 12.4. The lowest BCUT2D eigenvalue weighted by Crippen LogP contribution is -2.23. The number of rotatable bonds is 8. The number of benzene rings is 1. The number of aromatic nitrogens is 1. The minimum absolute atomic E-state index is 0.141. The van der Waals surface area contributed by atoms with Crippen molar-refractivity contribution >= 4 is 11.9 Å². The van der Waals surface area contributed by atoms with Gasteiger partial charge in [0.1, 0.15) is 23.7 Å². The van der Waals surface area contributed by atoms with Crippen LogP contribution in [0.5, 0.6) is 11.5 Å². The number of nitrogens with one attached hydrogen (secondary N) is 1. The van der Waals surface area contributed by atoms with Gasteiger partial charge in [-0.15, -0.1) is 0 Å². The van der Waals surface area contributed by atoms with Crippen molar-refractivity contribution in [3.8, 4) is 11.5 Å². The average molecular weight is 386 g/mol. The van der Waals surface area contributed by atoms with Gasteiger partial charge >= 0.3 is 5.97 Å². The van der Waals surface area contributed by atoms with Gasteiger partial charge in [0, 0.05) is 18.5 Å². The fraction of sp³-hybridized carbons (Fsp3) is 0.250. The molecule has 0 aliphatic heterocycles. The molecule has 0 unspecified atom stereocenters. The summed E-state index contributed by atoms with van der Waals surface area (Å²) in [5.41, 5.74) is 5.75. The molecule has 1 atom stereocenters. The summed E-state index contributed by atoms with van der Waals surface area (Å²) in [5.74, 6) is -2.33. The van der Waals surface area contributed by atoms with Crippen molar-refractivity contribution in [3.05, 3.63) is 69.7 Å². The molecule has 2 rings (SSSR count). The zero-order valence-electron chi connectivity index (χ0n) is 15.7. The molecule has 1 heterocycles. The Labute approximate surface area is 161 Å². The quantitative estimate of drug-likeness (QED) is 0.468. The molecule has 0 spiro atoms. The van der Waals surface area contributed by atoms with Crippen LogP contribution in [0, 0.1) is 0 Å². The molecule has 0 saturated heterocycles. The Hall–Kier alpha value is -3.55. The minimum Gasteiger partial charge on any atom is -0.506 e. The van der Waals surface area contributed by atoms with Gasteiger partial charge in [0.15, 0.2) is 0 Å². The van der Waals surface area contributed by atoms with Gasteiger partial charge in [-0.05, 0) is 30.2 Å². The number of esters is 1. The molecule has 0 aliphatic carbocycles. The van der Waals surface area contributed by atoms with E-state index in [1.807, 2.05) is 6.92 Å². The monoisotopic (exact) mass is 386 g/mol. The first-order valence-electron chi connectivity index (χ1n) is 8.42. The summed E-state index contributed by atoms with van der Waals surface area (Å²) >= 11 is 0. The Morgan fingerprint density at radius 2 is 1.93 bits per heavy atom. The number of nitrogens with two attached hydrogens (primary N) is 1. The second kappa shape index (κ2) is 8.90. The van der Waals surface area contributed by atoms with Crippen LogP contribution in [0.3, 0.4) is 0 Å². The number of primary amides is 1. The molecule has 1 amide bonds. The fourth-order valence-electron chi connectivity index (χ4n) is 2.72. The topological polar surface area (TPSA) is 132 Å². The number of methoxy groups -OCH3 is 1. The van der Waals surface area contributed by atoms with E-state index in [2.05, 4.69) is 16.3 Å². The Morgan fingerprint density at radius 3 is 2.46 bits per heavy atom. The second-order valence-electron chi connectivity index (χ2n) is 6.32. The fourth-order valence-corrected chi connectivity index (χ4v) is 2.72. The van der Waals surface area contributed by atoms with Crippen LogP contribution < -0.4 is 16.0 Å². The second-order valence-corrected chi connectivity index (χ2v) is 6.32. The Morgan fingerprint density at radius 1 is 1.29 bits per heavy atom. The Balaban J connectivity index is 2.50. The van der Waals surface area contributed by atoms with E-state index in [0.717, 1.165) is 18.9 Å². The number of amides is 1. The molecule has 0 radical (unpaired) electrons. The molecular weight excluding hydrogens is 364 g/mol. The number of aromatic hydroxyl groups is 1. The van der Waals surface area contributed by atoms with Crippen LogP contribution >= 0.6 is 0 Å². The SMILES string of the molecule is C=C(C)COc1ccc([C@H](CC(N)=O)c2c(O)c(C(=O)OC)c[nH]c2=O)cc1. The van der Waals surface area contributed by atoms with Crippen LogP contribution in [-0.2, 0) is 9.53 Å². The van der Waals surface area contributed by atoms with Crippen molar-refractivity contribution in [2.75, 3.05) is 13.7 Å². The molecule has 4 N–H and O–H groups in total. The normalized spacial score (nSPS) is 11.5. The number of ether oxygens (including phenoxy) is 2. The standard InChI is InChI=1S/C20H22N2O6/c1-11(2)10-28-13-6-4-12(5-7-13)14(8-16(21)23)17-18(24)15(20(26)27-3)9-22-19(17)25/h4-7,9,14H,1,8,10H2,2-3H3,(H2,21,23)(H2,22,24,25)/t14-/m0/s1. The molecular formula is C20H22N2O6. The van der Waals surface area contributed by atoms with Gasteiger partial charge in [0.2, 0.25) is 5.91 Å². The molecule has 8 heteroatoms. The van der Waals surface area contributed by atoms with Crippen molar-refractivity contribution in [3.63, 3.8) is 0 Å². The Kier molecular flexibility index (Phi) is 6.59. The molecule has 1 aromatic carbocycles. The van der Waals surface area contributed by atoms with E-state index in [0.29, 0.717) is 17.9 Å². The summed E-state index contributed by atoms with van der Waals surface area (Å²) in [7, 11) is 1.15. The van der Waals surface area contributed by atoms with E-state index < -0.39 is 29.1 Å². The zero-order valence-corrected chi connectivity index (χ0v) is 15.7.